The smallest absolute Gasteiger partial charge is 0.135 e. The van der Waals surface area contributed by atoms with E-state index in [0.717, 1.165) is 21.9 Å². The summed E-state index contributed by atoms with van der Waals surface area (Å²) >= 11 is 0. The van der Waals surface area contributed by atoms with Gasteiger partial charge < -0.3 is 4.42 Å². The van der Waals surface area contributed by atoms with Crippen LogP contribution in [0.1, 0.15) is 0 Å². The minimum Gasteiger partial charge on any atom is -0.456 e. The largest absolute Gasteiger partial charge is 0.456 e. The minimum absolute atomic E-state index is 0.905. The maximum Gasteiger partial charge on any atom is 0.135 e. The highest BCUT2D eigenvalue weighted by atomic mass is 16.3. The minimum atomic E-state index is 0.905. The van der Waals surface area contributed by atoms with Gasteiger partial charge in [-0.05, 0) is 127 Å². The maximum atomic E-state index is 6.28. The van der Waals surface area contributed by atoms with Crippen molar-refractivity contribution in [3.05, 3.63) is 194 Å². The van der Waals surface area contributed by atoms with Crippen LogP contribution in [0, 0.1) is 0 Å². The summed E-state index contributed by atoms with van der Waals surface area (Å²) in [6.07, 6.45) is 0. The van der Waals surface area contributed by atoms with Gasteiger partial charge in [0.1, 0.15) is 11.2 Å². The van der Waals surface area contributed by atoms with Crippen LogP contribution in [0.3, 0.4) is 0 Å². The molecule has 13 aromatic rings. The van der Waals surface area contributed by atoms with Crippen LogP contribution in [-0.4, -0.2) is 0 Å². The molecule has 0 N–H and O–H groups in total. The van der Waals surface area contributed by atoms with Crippen molar-refractivity contribution in [2.75, 3.05) is 0 Å². The molecule has 57 heavy (non-hydrogen) atoms. The summed E-state index contributed by atoms with van der Waals surface area (Å²) in [6, 6.07) is 71.8. The second-order valence-corrected chi connectivity index (χ2v) is 15.6. The molecular formula is C56H32O. The molecule has 0 atom stereocenters. The van der Waals surface area contributed by atoms with Gasteiger partial charge in [0.2, 0.25) is 0 Å². The van der Waals surface area contributed by atoms with E-state index in [1.807, 2.05) is 6.07 Å². The van der Waals surface area contributed by atoms with Gasteiger partial charge in [0.15, 0.2) is 0 Å². The molecule has 262 valence electrons. The van der Waals surface area contributed by atoms with Gasteiger partial charge in [-0.25, -0.2) is 0 Å². The number of rotatable bonds is 4. The monoisotopic (exact) mass is 720 g/mol. The molecule has 13 rings (SSSR count). The summed E-state index contributed by atoms with van der Waals surface area (Å²) in [7, 11) is 0. The van der Waals surface area contributed by atoms with Crippen molar-refractivity contribution in [1.29, 1.82) is 0 Å². The van der Waals surface area contributed by atoms with E-state index in [1.54, 1.807) is 0 Å². The third-order valence-electron chi connectivity index (χ3n) is 12.6. The Bertz CT molecular complexity index is 3700. The Kier molecular flexibility index (Phi) is 6.23. The molecular weight excluding hydrogens is 689 g/mol. The summed E-state index contributed by atoms with van der Waals surface area (Å²) in [5.41, 5.74) is 11.5. The van der Waals surface area contributed by atoms with Gasteiger partial charge in [0, 0.05) is 10.8 Å². The highest BCUT2D eigenvalue weighted by Gasteiger charge is 2.20. The van der Waals surface area contributed by atoms with Crippen molar-refractivity contribution >= 4 is 86.6 Å². The van der Waals surface area contributed by atoms with E-state index in [1.165, 1.54) is 109 Å². The molecule has 0 amide bonds. The Morgan fingerprint density at radius 2 is 0.737 bits per heavy atom. The molecule has 0 radical (unpaired) electrons. The van der Waals surface area contributed by atoms with E-state index in [9.17, 15) is 0 Å². The SMILES string of the molecule is c1cc(-c2ccc3oc4ccccc4c3c2)c(-c2ccc(-c3ccc4ccc5cccc6ccc3c4c56)cc2)c(-c2ccc3ccc4cccc5ccc2c3c45)c1. The second-order valence-electron chi connectivity index (χ2n) is 15.6. The molecule has 12 aromatic carbocycles. The van der Waals surface area contributed by atoms with Crippen LogP contribution in [0.4, 0.5) is 0 Å². The van der Waals surface area contributed by atoms with E-state index < -0.39 is 0 Å². The highest BCUT2D eigenvalue weighted by Crippen LogP contribution is 2.47. The van der Waals surface area contributed by atoms with E-state index >= 15 is 0 Å². The molecule has 1 heterocycles. The summed E-state index contributed by atoms with van der Waals surface area (Å²) in [4.78, 5) is 0. The first-order valence-electron chi connectivity index (χ1n) is 19.7. The van der Waals surface area contributed by atoms with Crippen LogP contribution < -0.4 is 0 Å². The highest BCUT2D eigenvalue weighted by molar-refractivity contribution is 6.27. The van der Waals surface area contributed by atoms with Crippen molar-refractivity contribution in [2.24, 2.45) is 0 Å². The number of fused-ring (bicyclic) bond motifs is 3. The zero-order valence-electron chi connectivity index (χ0n) is 30.9. The lowest BCUT2D eigenvalue weighted by molar-refractivity contribution is 0.669. The molecule has 0 aliphatic rings. The molecule has 0 spiro atoms. The molecule has 0 aliphatic heterocycles. The Hall–Kier alpha value is -7.48. The lowest BCUT2D eigenvalue weighted by Crippen LogP contribution is -1.93. The Balaban J connectivity index is 1.05. The molecule has 1 nitrogen and oxygen atoms in total. The first-order chi connectivity index (χ1) is 28.2. The van der Waals surface area contributed by atoms with Crippen molar-refractivity contribution < 1.29 is 4.42 Å². The standard InChI is InChI=1S/C56H32O/c1-2-13-50-45(10-1)49-32-41(26-31-51(49)57-50)43-11-5-12-46(44-28-23-40-21-19-35-7-4-9-37-25-30-48(44)56(40)53(35)37)54(43)38-16-14-33(15-17-38)42-27-22-39-20-18-34-6-3-8-36-24-29-47(42)55(39)52(34)36/h1-32H. The van der Waals surface area contributed by atoms with Crippen LogP contribution >= 0.6 is 0 Å². The van der Waals surface area contributed by atoms with Crippen LogP contribution in [0.25, 0.3) is 131 Å². The normalized spacial score (nSPS) is 12.2. The van der Waals surface area contributed by atoms with Crippen molar-refractivity contribution in [1.82, 2.24) is 0 Å². The van der Waals surface area contributed by atoms with Crippen LogP contribution in [0.5, 0.6) is 0 Å². The number of hydrogen-bond acceptors (Lipinski definition) is 1. The third-order valence-corrected chi connectivity index (χ3v) is 12.6. The van der Waals surface area contributed by atoms with Crippen LogP contribution in [0.15, 0.2) is 199 Å². The van der Waals surface area contributed by atoms with Gasteiger partial charge in [0.25, 0.3) is 0 Å². The predicted molar refractivity (Wildman–Crippen MR) is 243 cm³/mol. The van der Waals surface area contributed by atoms with Gasteiger partial charge in [-0.2, -0.15) is 0 Å². The average molecular weight is 721 g/mol. The fraction of sp³-hybridized carbons (Fsp3) is 0. The first-order valence-corrected chi connectivity index (χ1v) is 19.7. The van der Waals surface area contributed by atoms with Gasteiger partial charge in [0.05, 0.1) is 0 Å². The topological polar surface area (TPSA) is 13.1 Å². The third kappa shape index (κ3) is 4.40. The van der Waals surface area contributed by atoms with E-state index in [4.69, 9.17) is 4.42 Å². The Morgan fingerprint density at radius 1 is 0.246 bits per heavy atom. The van der Waals surface area contributed by atoms with Crippen molar-refractivity contribution in [2.45, 2.75) is 0 Å². The molecule has 0 saturated carbocycles. The van der Waals surface area contributed by atoms with Gasteiger partial charge in [-0.15, -0.1) is 0 Å². The van der Waals surface area contributed by atoms with Crippen molar-refractivity contribution in [3.8, 4) is 44.5 Å². The van der Waals surface area contributed by atoms with Crippen molar-refractivity contribution in [3.63, 3.8) is 0 Å². The van der Waals surface area contributed by atoms with E-state index in [2.05, 4.69) is 188 Å². The Labute approximate surface area is 328 Å². The van der Waals surface area contributed by atoms with Gasteiger partial charge in [-0.1, -0.05) is 176 Å². The molecule has 0 unspecified atom stereocenters. The quantitative estimate of drug-likeness (QED) is 0.165. The van der Waals surface area contributed by atoms with E-state index in [0.29, 0.717) is 0 Å². The first kappa shape index (κ1) is 30.8. The van der Waals surface area contributed by atoms with Gasteiger partial charge >= 0.3 is 0 Å². The fourth-order valence-electron chi connectivity index (χ4n) is 10.00. The summed E-state index contributed by atoms with van der Waals surface area (Å²) in [5, 5.41) is 17.9. The van der Waals surface area contributed by atoms with E-state index in [-0.39, 0.29) is 0 Å². The number of para-hydroxylation sites is 1. The summed E-state index contributed by atoms with van der Waals surface area (Å²) in [6.45, 7) is 0. The molecule has 0 bridgehead atoms. The molecule has 0 saturated heterocycles. The zero-order valence-corrected chi connectivity index (χ0v) is 30.9. The number of hydrogen-bond donors (Lipinski definition) is 0. The summed E-state index contributed by atoms with van der Waals surface area (Å²) in [5.74, 6) is 0. The van der Waals surface area contributed by atoms with Crippen LogP contribution in [-0.2, 0) is 0 Å². The lowest BCUT2D eigenvalue weighted by atomic mass is 9.83. The Morgan fingerprint density at radius 3 is 1.42 bits per heavy atom. The molecule has 1 heteroatoms. The number of furan rings is 1. The average Bonchev–Trinajstić information content (AvgIpc) is 3.65. The second kappa shape index (κ2) is 11.5. The molecule has 0 fully saturated rings. The number of benzene rings is 12. The lowest BCUT2D eigenvalue weighted by Gasteiger charge is -2.20. The summed E-state index contributed by atoms with van der Waals surface area (Å²) < 4.78 is 6.28. The molecule has 0 aliphatic carbocycles. The maximum absolute atomic E-state index is 6.28. The molecule has 1 aromatic heterocycles. The zero-order chi connectivity index (χ0) is 37.2. The van der Waals surface area contributed by atoms with Crippen LogP contribution in [0.2, 0.25) is 0 Å². The predicted octanol–water partition coefficient (Wildman–Crippen LogP) is 16.0. The van der Waals surface area contributed by atoms with Gasteiger partial charge in [-0.3, -0.25) is 0 Å². The fourth-order valence-corrected chi connectivity index (χ4v) is 10.00.